The molecule has 1 amide bonds. The first-order valence-electron chi connectivity index (χ1n) is 10.1. The highest BCUT2D eigenvalue weighted by Crippen LogP contribution is 2.25. The van der Waals surface area contributed by atoms with E-state index in [4.69, 9.17) is 4.42 Å². The number of rotatable bonds is 5. The number of nitriles is 1. The van der Waals surface area contributed by atoms with E-state index in [9.17, 15) is 10.1 Å². The maximum absolute atomic E-state index is 12.8. The quantitative estimate of drug-likeness (QED) is 0.568. The molecule has 1 aromatic carbocycles. The van der Waals surface area contributed by atoms with Gasteiger partial charge in [-0.2, -0.15) is 5.26 Å². The largest absolute Gasteiger partial charge is 0.424 e. The Kier molecular flexibility index (Phi) is 6.00. The minimum Gasteiger partial charge on any atom is -0.424 e. The fraction of sp³-hybridized carbons (Fsp3) is 0.364. The van der Waals surface area contributed by atoms with Gasteiger partial charge in [0.1, 0.15) is 6.07 Å². The molecular formula is C22H24N6O2S. The number of hydrogen-bond donors (Lipinski definition) is 0. The van der Waals surface area contributed by atoms with E-state index in [1.54, 1.807) is 13.1 Å². The van der Waals surface area contributed by atoms with Crippen LogP contribution in [0.5, 0.6) is 0 Å². The van der Waals surface area contributed by atoms with Gasteiger partial charge in [0.2, 0.25) is 17.5 Å². The van der Waals surface area contributed by atoms with E-state index < -0.39 is 0 Å². The van der Waals surface area contributed by atoms with E-state index in [0.29, 0.717) is 49.4 Å². The van der Waals surface area contributed by atoms with Crippen LogP contribution in [0, 0.1) is 32.1 Å². The van der Waals surface area contributed by atoms with Crippen molar-refractivity contribution in [2.24, 2.45) is 0 Å². The fourth-order valence-electron chi connectivity index (χ4n) is 3.74. The maximum atomic E-state index is 12.8. The number of hydrogen-bond acceptors (Lipinski definition) is 7. The lowest BCUT2D eigenvalue weighted by Gasteiger charge is -2.34. The SMILES string of the molecule is Cc1ccc(-n2ccnc2SCC(=O)N2CCN(c3oc(C)nc3C#N)CC2)c(C)c1. The Morgan fingerprint density at radius 3 is 2.71 bits per heavy atom. The average Bonchev–Trinajstić information content (AvgIpc) is 3.38. The Bertz CT molecular complexity index is 1140. The van der Waals surface area contributed by atoms with E-state index in [-0.39, 0.29) is 5.91 Å². The van der Waals surface area contributed by atoms with Crippen LogP contribution >= 0.6 is 11.8 Å². The van der Waals surface area contributed by atoms with Crippen molar-refractivity contribution in [3.8, 4) is 11.8 Å². The summed E-state index contributed by atoms with van der Waals surface area (Å²) >= 11 is 1.45. The first kappa shape index (κ1) is 21.0. The Morgan fingerprint density at radius 1 is 1.23 bits per heavy atom. The first-order valence-corrected chi connectivity index (χ1v) is 11.1. The number of carbonyl (C=O) groups excluding carboxylic acids is 1. The summed E-state index contributed by atoms with van der Waals surface area (Å²) in [5.41, 5.74) is 3.75. The molecule has 9 heteroatoms. The molecule has 4 rings (SSSR count). The van der Waals surface area contributed by atoms with Gasteiger partial charge in [-0.3, -0.25) is 9.36 Å². The molecule has 3 aromatic rings. The summed E-state index contributed by atoms with van der Waals surface area (Å²) in [7, 11) is 0. The molecule has 1 saturated heterocycles. The molecule has 0 spiro atoms. The van der Waals surface area contributed by atoms with Crippen molar-refractivity contribution in [3.05, 3.63) is 53.3 Å². The van der Waals surface area contributed by atoms with E-state index in [1.807, 2.05) is 20.6 Å². The number of carbonyl (C=O) groups is 1. The lowest BCUT2D eigenvalue weighted by atomic mass is 10.1. The highest BCUT2D eigenvalue weighted by Gasteiger charge is 2.26. The van der Waals surface area contributed by atoms with Gasteiger partial charge in [0.05, 0.1) is 11.4 Å². The Morgan fingerprint density at radius 2 is 2.00 bits per heavy atom. The van der Waals surface area contributed by atoms with Gasteiger partial charge in [-0.05, 0) is 25.5 Å². The summed E-state index contributed by atoms with van der Waals surface area (Å²) in [6.45, 7) is 8.25. The first-order chi connectivity index (χ1) is 15.0. The van der Waals surface area contributed by atoms with Crippen LogP contribution < -0.4 is 4.90 Å². The third kappa shape index (κ3) is 4.44. The van der Waals surface area contributed by atoms with Crippen LogP contribution in [0.3, 0.4) is 0 Å². The summed E-state index contributed by atoms with van der Waals surface area (Å²) in [5.74, 6) is 1.37. The third-order valence-electron chi connectivity index (χ3n) is 5.29. The molecule has 0 unspecified atom stereocenters. The number of amides is 1. The molecule has 31 heavy (non-hydrogen) atoms. The predicted octanol–water partition coefficient (Wildman–Crippen LogP) is 3.10. The van der Waals surface area contributed by atoms with E-state index in [0.717, 1.165) is 10.8 Å². The Hall–Kier alpha value is -3.25. The molecule has 1 fully saturated rings. The zero-order valence-corrected chi connectivity index (χ0v) is 18.6. The summed E-state index contributed by atoms with van der Waals surface area (Å²) in [4.78, 5) is 25.2. The van der Waals surface area contributed by atoms with Crippen LogP contribution in [0.4, 0.5) is 5.88 Å². The van der Waals surface area contributed by atoms with Crippen molar-refractivity contribution in [3.63, 3.8) is 0 Å². The Balaban J connectivity index is 1.36. The van der Waals surface area contributed by atoms with Crippen LogP contribution in [0.25, 0.3) is 5.69 Å². The highest BCUT2D eigenvalue weighted by molar-refractivity contribution is 7.99. The normalized spacial score (nSPS) is 14.0. The average molecular weight is 437 g/mol. The monoisotopic (exact) mass is 436 g/mol. The standard InChI is InChI=1S/C22H24N6O2S/c1-15-4-5-19(16(2)12-15)28-7-6-24-22(28)31-14-20(29)26-8-10-27(11-9-26)21-18(13-23)25-17(3)30-21/h4-7,12H,8-11,14H2,1-3H3. The minimum atomic E-state index is 0.0779. The highest BCUT2D eigenvalue weighted by atomic mass is 32.2. The second kappa shape index (κ2) is 8.86. The zero-order valence-electron chi connectivity index (χ0n) is 17.8. The molecule has 8 nitrogen and oxygen atoms in total. The number of aryl methyl sites for hydroxylation is 3. The smallest absolute Gasteiger partial charge is 0.234 e. The van der Waals surface area contributed by atoms with Crippen LogP contribution in [0.2, 0.25) is 0 Å². The van der Waals surface area contributed by atoms with Crippen LogP contribution in [-0.4, -0.2) is 57.3 Å². The van der Waals surface area contributed by atoms with Gasteiger partial charge in [0.25, 0.3) is 0 Å². The van der Waals surface area contributed by atoms with Gasteiger partial charge >= 0.3 is 0 Å². The lowest BCUT2D eigenvalue weighted by molar-refractivity contribution is -0.128. The topological polar surface area (TPSA) is 91.2 Å². The van der Waals surface area contributed by atoms with Crippen molar-refractivity contribution < 1.29 is 9.21 Å². The second-order valence-corrected chi connectivity index (χ2v) is 8.47. The van der Waals surface area contributed by atoms with Gasteiger partial charge in [0.15, 0.2) is 11.0 Å². The number of anilines is 1. The summed E-state index contributed by atoms with van der Waals surface area (Å²) < 4.78 is 7.61. The number of oxazole rings is 1. The maximum Gasteiger partial charge on any atom is 0.234 e. The molecule has 2 aromatic heterocycles. The van der Waals surface area contributed by atoms with Gasteiger partial charge in [-0.25, -0.2) is 9.97 Å². The number of thioether (sulfide) groups is 1. The molecule has 0 N–H and O–H groups in total. The fourth-order valence-corrected chi connectivity index (χ4v) is 4.60. The molecule has 0 radical (unpaired) electrons. The van der Waals surface area contributed by atoms with Crippen LogP contribution in [0.1, 0.15) is 22.7 Å². The van der Waals surface area contributed by atoms with Gasteiger partial charge in [-0.15, -0.1) is 0 Å². The van der Waals surface area contributed by atoms with Gasteiger partial charge < -0.3 is 14.2 Å². The number of imidazole rings is 1. The van der Waals surface area contributed by atoms with E-state index in [1.165, 1.54) is 22.9 Å². The summed E-state index contributed by atoms with van der Waals surface area (Å²) in [5, 5.41) is 10.0. The molecule has 1 aliphatic rings. The molecule has 0 aliphatic carbocycles. The van der Waals surface area contributed by atoms with Gasteiger partial charge in [-0.1, -0.05) is 29.5 Å². The van der Waals surface area contributed by atoms with Crippen molar-refractivity contribution in [2.75, 3.05) is 36.8 Å². The number of piperazine rings is 1. The Labute approximate surface area is 185 Å². The van der Waals surface area contributed by atoms with Crippen LogP contribution in [-0.2, 0) is 4.79 Å². The molecule has 0 atom stereocenters. The predicted molar refractivity (Wildman–Crippen MR) is 119 cm³/mol. The van der Waals surface area contributed by atoms with Crippen LogP contribution in [0.15, 0.2) is 40.2 Å². The number of benzene rings is 1. The van der Waals surface area contributed by atoms with Crippen molar-refractivity contribution in [1.29, 1.82) is 5.26 Å². The molecule has 0 bridgehead atoms. The lowest BCUT2D eigenvalue weighted by Crippen LogP contribution is -2.49. The van der Waals surface area contributed by atoms with Crippen molar-refractivity contribution in [1.82, 2.24) is 19.4 Å². The van der Waals surface area contributed by atoms with Crippen molar-refractivity contribution in [2.45, 2.75) is 25.9 Å². The third-order valence-corrected chi connectivity index (χ3v) is 6.24. The minimum absolute atomic E-state index is 0.0779. The zero-order chi connectivity index (χ0) is 22.0. The molecule has 3 heterocycles. The second-order valence-electron chi connectivity index (χ2n) is 7.52. The molecule has 0 saturated carbocycles. The van der Waals surface area contributed by atoms with Gasteiger partial charge in [0, 0.05) is 45.5 Å². The molecule has 160 valence electrons. The van der Waals surface area contributed by atoms with Crippen molar-refractivity contribution >= 4 is 23.6 Å². The summed E-state index contributed by atoms with van der Waals surface area (Å²) in [6, 6.07) is 8.37. The van der Waals surface area contributed by atoms with E-state index >= 15 is 0 Å². The molecule has 1 aliphatic heterocycles. The number of aromatic nitrogens is 3. The van der Waals surface area contributed by atoms with E-state index in [2.05, 4.69) is 48.1 Å². The number of nitrogens with zero attached hydrogens (tertiary/aromatic N) is 6. The summed E-state index contributed by atoms with van der Waals surface area (Å²) in [6.07, 6.45) is 3.69. The molecular weight excluding hydrogens is 412 g/mol.